The summed E-state index contributed by atoms with van der Waals surface area (Å²) in [5, 5.41) is 17.0. The zero-order chi connectivity index (χ0) is 7.82. The van der Waals surface area contributed by atoms with Gasteiger partial charge in [0.15, 0.2) is 0 Å². The minimum atomic E-state index is 0.164. The second-order valence-corrected chi connectivity index (χ2v) is 2.48. The van der Waals surface area contributed by atoms with Gasteiger partial charge in [-0.05, 0) is 19.3 Å². The van der Waals surface area contributed by atoms with Crippen LogP contribution in [-0.2, 0) is 0 Å². The molecule has 0 aliphatic rings. The lowest BCUT2D eigenvalue weighted by molar-refractivity contribution is 0.276. The molecule has 0 aromatic carbocycles. The lowest BCUT2D eigenvalue weighted by atomic mass is 10.0. The zero-order valence-electron chi connectivity index (χ0n) is 6.51. The molecule has 0 aliphatic carbocycles. The molecule has 1 atom stereocenters. The van der Waals surface area contributed by atoms with Crippen molar-refractivity contribution in [3.63, 3.8) is 0 Å². The topological polar surface area (TPSA) is 44.0 Å². The maximum Gasteiger partial charge on any atom is 0.0655 e. The van der Waals surface area contributed by atoms with Crippen LogP contribution in [0, 0.1) is 17.2 Å². The van der Waals surface area contributed by atoms with Crippen molar-refractivity contribution in [2.24, 2.45) is 5.92 Å². The predicted molar refractivity (Wildman–Crippen MR) is 40.3 cm³/mol. The molecule has 0 radical (unpaired) electrons. The second kappa shape index (κ2) is 6.57. The van der Waals surface area contributed by atoms with Crippen molar-refractivity contribution in [3.8, 4) is 6.07 Å². The monoisotopic (exact) mass is 141 g/mol. The van der Waals surface area contributed by atoms with Gasteiger partial charge >= 0.3 is 0 Å². The van der Waals surface area contributed by atoms with Gasteiger partial charge in [-0.15, -0.1) is 0 Å². The normalized spacial score (nSPS) is 12.5. The summed E-state index contributed by atoms with van der Waals surface area (Å²) in [6, 6.07) is 2.23. The number of rotatable bonds is 5. The highest BCUT2D eigenvalue weighted by atomic mass is 16.2. The second-order valence-electron chi connectivity index (χ2n) is 2.48. The van der Waals surface area contributed by atoms with E-state index in [0.717, 1.165) is 25.7 Å². The summed E-state index contributed by atoms with van der Waals surface area (Å²) in [6.07, 6.45) is 3.64. The van der Waals surface area contributed by atoms with E-state index in [9.17, 15) is 0 Å². The molecule has 0 aromatic heterocycles. The Balaban J connectivity index is 3.33. The maximum absolute atomic E-state index is 8.55. The fourth-order valence-electron chi connectivity index (χ4n) is 0.960. The number of hydrogen-bond acceptors (Lipinski definition) is 2. The highest BCUT2D eigenvalue weighted by molar-refractivity contribution is 4.81. The van der Waals surface area contributed by atoms with Crippen LogP contribution >= 0.6 is 0 Å². The Morgan fingerprint density at radius 1 is 1.50 bits per heavy atom. The van der Waals surface area contributed by atoms with Gasteiger partial charge < -0.3 is 5.11 Å². The van der Waals surface area contributed by atoms with Crippen LogP contribution in [0.4, 0.5) is 0 Å². The van der Waals surface area contributed by atoms with Crippen molar-refractivity contribution >= 4 is 0 Å². The van der Waals surface area contributed by atoms with E-state index in [1.165, 1.54) is 0 Å². The molecule has 0 amide bonds. The summed E-state index contributed by atoms with van der Waals surface area (Å²) in [4.78, 5) is 0. The van der Waals surface area contributed by atoms with Crippen molar-refractivity contribution in [2.45, 2.75) is 32.6 Å². The van der Waals surface area contributed by atoms with Gasteiger partial charge in [0.2, 0.25) is 0 Å². The number of hydrogen-bond donors (Lipinski definition) is 1. The Hall–Kier alpha value is -0.550. The Morgan fingerprint density at radius 2 is 2.20 bits per heavy atom. The van der Waals surface area contributed by atoms with Gasteiger partial charge in [-0.1, -0.05) is 13.3 Å². The first-order valence-corrected chi connectivity index (χ1v) is 3.85. The zero-order valence-corrected chi connectivity index (χ0v) is 6.51. The summed E-state index contributed by atoms with van der Waals surface area (Å²) in [5.41, 5.74) is 0. The van der Waals surface area contributed by atoms with Crippen molar-refractivity contribution in [1.82, 2.24) is 0 Å². The van der Waals surface area contributed by atoms with E-state index < -0.39 is 0 Å². The first kappa shape index (κ1) is 9.45. The number of aliphatic hydroxyl groups is 1. The van der Waals surface area contributed by atoms with E-state index >= 15 is 0 Å². The maximum atomic E-state index is 8.55. The quantitative estimate of drug-likeness (QED) is 0.633. The largest absolute Gasteiger partial charge is 0.396 e. The molecule has 0 aromatic rings. The van der Waals surface area contributed by atoms with Crippen LogP contribution in [0.15, 0.2) is 0 Å². The third kappa shape index (κ3) is 4.34. The number of aliphatic hydroxyl groups excluding tert-OH is 1. The Labute approximate surface area is 62.5 Å². The highest BCUT2D eigenvalue weighted by Crippen LogP contribution is 2.11. The van der Waals surface area contributed by atoms with Gasteiger partial charge in [-0.2, -0.15) is 5.26 Å². The van der Waals surface area contributed by atoms with E-state index in [2.05, 4.69) is 13.0 Å². The Kier molecular flexibility index (Phi) is 6.21. The van der Waals surface area contributed by atoms with Gasteiger partial charge in [0.05, 0.1) is 6.07 Å². The van der Waals surface area contributed by atoms with Crippen molar-refractivity contribution < 1.29 is 5.11 Å². The van der Waals surface area contributed by atoms with Crippen LogP contribution in [0.2, 0.25) is 0 Å². The van der Waals surface area contributed by atoms with Crippen LogP contribution < -0.4 is 0 Å². The summed E-state index contributed by atoms with van der Waals surface area (Å²) >= 11 is 0. The number of nitriles is 1. The van der Waals surface area contributed by atoms with E-state index in [0.29, 0.717) is 0 Å². The summed E-state index contributed by atoms with van der Waals surface area (Å²) in [6.45, 7) is 2.28. The fraction of sp³-hybridized carbons (Fsp3) is 0.875. The third-order valence-electron chi connectivity index (χ3n) is 1.53. The minimum Gasteiger partial charge on any atom is -0.396 e. The molecule has 0 spiro atoms. The molecule has 58 valence electrons. The van der Waals surface area contributed by atoms with Gasteiger partial charge in [-0.3, -0.25) is 0 Å². The van der Waals surface area contributed by atoms with E-state index in [1.807, 2.05) is 0 Å². The molecule has 1 unspecified atom stereocenters. The molecule has 0 fully saturated rings. The molecule has 0 saturated heterocycles. The molecule has 0 heterocycles. The molecule has 0 bridgehead atoms. The highest BCUT2D eigenvalue weighted by Gasteiger charge is 2.03. The van der Waals surface area contributed by atoms with E-state index in [4.69, 9.17) is 10.4 Å². The van der Waals surface area contributed by atoms with Crippen LogP contribution in [-0.4, -0.2) is 11.7 Å². The third-order valence-corrected chi connectivity index (χ3v) is 1.53. The molecule has 10 heavy (non-hydrogen) atoms. The molecule has 0 saturated carbocycles. The number of nitrogens with zero attached hydrogens (tertiary/aromatic N) is 1. The average molecular weight is 141 g/mol. The molecule has 1 N–H and O–H groups in total. The Morgan fingerprint density at radius 3 is 2.60 bits per heavy atom. The lowest BCUT2D eigenvalue weighted by Crippen LogP contribution is -1.97. The molecular formula is C8H15NO. The standard InChI is InChI=1S/C8H15NO/c1-2-4-8(7-9)5-3-6-10/h8,10H,2-6H2,1H3. The van der Waals surface area contributed by atoms with Crippen molar-refractivity contribution in [3.05, 3.63) is 0 Å². The minimum absolute atomic E-state index is 0.164. The average Bonchev–Trinajstić information content (AvgIpc) is 1.98. The van der Waals surface area contributed by atoms with E-state index in [1.54, 1.807) is 0 Å². The molecule has 0 aliphatic heterocycles. The molecule has 2 nitrogen and oxygen atoms in total. The summed E-state index contributed by atoms with van der Waals surface area (Å²) < 4.78 is 0. The molecule has 0 rings (SSSR count). The summed E-state index contributed by atoms with van der Waals surface area (Å²) in [7, 11) is 0. The molecule has 2 heteroatoms. The predicted octanol–water partition coefficient (Wildman–Crippen LogP) is 1.70. The van der Waals surface area contributed by atoms with Crippen LogP contribution in [0.1, 0.15) is 32.6 Å². The van der Waals surface area contributed by atoms with Gasteiger partial charge in [0, 0.05) is 12.5 Å². The summed E-state index contributed by atoms with van der Waals surface area (Å²) in [5.74, 6) is 0.164. The van der Waals surface area contributed by atoms with Crippen molar-refractivity contribution in [1.29, 1.82) is 5.26 Å². The van der Waals surface area contributed by atoms with E-state index in [-0.39, 0.29) is 12.5 Å². The van der Waals surface area contributed by atoms with Gasteiger partial charge in [-0.25, -0.2) is 0 Å². The lowest BCUT2D eigenvalue weighted by Gasteiger charge is -2.03. The van der Waals surface area contributed by atoms with Crippen LogP contribution in [0.5, 0.6) is 0 Å². The SMILES string of the molecule is CCCC(C#N)CCCO. The molecular weight excluding hydrogens is 126 g/mol. The van der Waals surface area contributed by atoms with Gasteiger partial charge in [0.25, 0.3) is 0 Å². The van der Waals surface area contributed by atoms with Crippen molar-refractivity contribution in [2.75, 3.05) is 6.61 Å². The smallest absolute Gasteiger partial charge is 0.0655 e. The van der Waals surface area contributed by atoms with Crippen LogP contribution in [0.3, 0.4) is 0 Å². The van der Waals surface area contributed by atoms with Gasteiger partial charge in [0.1, 0.15) is 0 Å². The Bertz CT molecular complexity index is 106. The first-order valence-electron chi connectivity index (χ1n) is 3.85. The first-order chi connectivity index (χ1) is 4.85. The fourth-order valence-corrected chi connectivity index (χ4v) is 0.960. The van der Waals surface area contributed by atoms with Crippen LogP contribution in [0.25, 0.3) is 0 Å².